The molecule has 0 bridgehead atoms. The minimum atomic E-state index is -1.26. The van der Waals surface area contributed by atoms with E-state index in [-0.39, 0.29) is 6.04 Å². The Morgan fingerprint density at radius 2 is 1.93 bits per heavy atom. The third-order valence-corrected chi connectivity index (χ3v) is 3.45. The summed E-state index contributed by atoms with van der Waals surface area (Å²) < 4.78 is 5.05. The Balaban J connectivity index is 0.000000387. The molecule has 1 amide bonds. The molecule has 0 spiro atoms. The van der Waals surface area contributed by atoms with Crippen LogP contribution in [0.5, 0.6) is 5.75 Å². The first kappa shape index (κ1) is 21.7. The van der Waals surface area contributed by atoms with E-state index in [2.05, 4.69) is 16.6 Å². The van der Waals surface area contributed by atoms with Gasteiger partial charge in [0.05, 0.1) is 6.54 Å². The number of aryl methyl sites for hydroxylation is 1. The molecule has 0 aliphatic heterocycles. The highest BCUT2D eigenvalue weighted by Crippen LogP contribution is 2.33. The molecule has 0 aromatic heterocycles. The number of hydrogen-bond acceptors (Lipinski definition) is 6. The van der Waals surface area contributed by atoms with Crippen LogP contribution in [0.3, 0.4) is 0 Å². The molecule has 9 nitrogen and oxygen atoms in total. The maximum absolute atomic E-state index is 11.2. The summed E-state index contributed by atoms with van der Waals surface area (Å²) >= 11 is 0. The summed E-state index contributed by atoms with van der Waals surface area (Å²) in [6, 6.07) is 5.75. The van der Waals surface area contributed by atoms with Gasteiger partial charge in [-0.05, 0) is 36.1 Å². The number of carbonyl (C=O) groups excluding carboxylic acids is 1. The monoisotopic (exact) mass is 376 g/mol. The second-order valence-corrected chi connectivity index (χ2v) is 5.27. The Morgan fingerprint density at radius 1 is 1.26 bits per heavy atom. The zero-order chi connectivity index (χ0) is 20.2. The summed E-state index contributed by atoms with van der Waals surface area (Å²) in [6.07, 6.45) is 7.66. The summed E-state index contributed by atoms with van der Waals surface area (Å²) in [4.78, 5) is 30.3. The molecule has 0 heterocycles. The molecule has 1 aromatic carbocycles. The number of fused-ring (bicyclic) bond motifs is 1. The first-order valence-electron chi connectivity index (χ1n) is 7.87. The van der Waals surface area contributed by atoms with Gasteiger partial charge in [-0.2, -0.15) is 0 Å². The van der Waals surface area contributed by atoms with E-state index in [4.69, 9.17) is 26.5 Å². The number of carboxylic acids is 2. The standard InChI is InChI=1S/C14H16N2O3.C4H4O4/c1-2-7-15-13-6-4-10-3-5-11(8-12(10)13)19-14(18)16-9-17;5-3(6)1-2-4(7)8/h1,3,5,8,13,15,17H,4,6-7,9H2,(H,16,18);1-2H,(H,5,6)(H,7,8). The smallest absolute Gasteiger partial charge is 0.414 e. The van der Waals surface area contributed by atoms with Crippen molar-refractivity contribution in [3.8, 4) is 18.1 Å². The molecule has 9 heteroatoms. The molecule has 1 aliphatic carbocycles. The zero-order valence-electron chi connectivity index (χ0n) is 14.3. The number of ether oxygens (including phenoxy) is 1. The molecule has 1 unspecified atom stereocenters. The number of aliphatic hydroxyl groups is 1. The third-order valence-electron chi connectivity index (χ3n) is 3.45. The van der Waals surface area contributed by atoms with E-state index >= 15 is 0 Å². The summed E-state index contributed by atoms with van der Waals surface area (Å²) in [5.74, 6) is 0.498. The van der Waals surface area contributed by atoms with Crippen molar-refractivity contribution in [2.45, 2.75) is 18.9 Å². The minimum Gasteiger partial charge on any atom is -0.478 e. The fraction of sp³-hybridized carbons (Fsp3) is 0.278. The van der Waals surface area contributed by atoms with Gasteiger partial charge < -0.3 is 20.1 Å². The van der Waals surface area contributed by atoms with Crippen LogP contribution in [0.15, 0.2) is 30.4 Å². The van der Waals surface area contributed by atoms with Crippen LogP contribution in [-0.2, 0) is 16.0 Å². The normalized spacial score (nSPS) is 14.4. The quantitative estimate of drug-likeness (QED) is 0.276. The van der Waals surface area contributed by atoms with Gasteiger partial charge >= 0.3 is 18.0 Å². The van der Waals surface area contributed by atoms with Gasteiger partial charge in [0.15, 0.2) is 0 Å². The number of hydrogen-bond donors (Lipinski definition) is 5. The Kier molecular flexibility index (Phi) is 9.08. The molecule has 0 saturated carbocycles. The summed E-state index contributed by atoms with van der Waals surface area (Å²) in [5.41, 5.74) is 2.36. The van der Waals surface area contributed by atoms with E-state index in [1.807, 2.05) is 12.1 Å². The van der Waals surface area contributed by atoms with Crippen LogP contribution in [-0.4, -0.2) is 46.6 Å². The average Bonchev–Trinajstić information content (AvgIpc) is 3.01. The molecule has 0 radical (unpaired) electrons. The third kappa shape index (κ3) is 8.04. The van der Waals surface area contributed by atoms with Crippen LogP contribution in [0.1, 0.15) is 23.6 Å². The lowest BCUT2D eigenvalue weighted by molar-refractivity contribution is -0.134. The zero-order valence-corrected chi connectivity index (χ0v) is 14.3. The van der Waals surface area contributed by atoms with Gasteiger partial charge in [-0.1, -0.05) is 12.0 Å². The SMILES string of the molecule is C#CCNC1CCc2ccc(OC(=O)NCO)cc21.O=C(O)C=CC(=O)O. The van der Waals surface area contributed by atoms with Gasteiger partial charge in [-0.25, -0.2) is 14.4 Å². The van der Waals surface area contributed by atoms with Crippen LogP contribution in [0, 0.1) is 12.3 Å². The predicted molar refractivity (Wildman–Crippen MR) is 95.0 cm³/mol. The number of nitrogens with one attached hydrogen (secondary N) is 2. The topological polar surface area (TPSA) is 145 Å². The molecule has 1 aliphatic rings. The van der Waals surface area contributed by atoms with Crippen molar-refractivity contribution in [1.82, 2.24) is 10.6 Å². The number of benzene rings is 1. The lowest BCUT2D eigenvalue weighted by atomic mass is 10.1. The highest BCUT2D eigenvalue weighted by Gasteiger charge is 2.22. The molecular formula is C18H20N2O7. The van der Waals surface area contributed by atoms with E-state index < -0.39 is 24.8 Å². The van der Waals surface area contributed by atoms with Gasteiger partial charge in [0.1, 0.15) is 12.5 Å². The van der Waals surface area contributed by atoms with E-state index in [1.54, 1.807) is 6.07 Å². The number of carbonyl (C=O) groups is 3. The fourth-order valence-corrected chi connectivity index (χ4v) is 2.39. The molecule has 144 valence electrons. The lowest BCUT2D eigenvalue weighted by Crippen LogP contribution is -2.27. The second-order valence-electron chi connectivity index (χ2n) is 5.27. The van der Waals surface area contributed by atoms with Crippen molar-refractivity contribution in [3.05, 3.63) is 41.5 Å². The van der Waals surface area contributed by atoms with E-state index in [0.29, 0.717) is 24.4 Å². The molecule has 5 N–H and O–H groups in total. The van der Waals surface area contributed by atoms with Gasteiger partial charge in [-0.3, -0.25) is 10.6 Å². The van der Waals surface area contributed by atoms with Crippen LogP contribution in [0.4, 0.5) is 4.79 Å². The Bertz CT molecular complexity index is 737. The number of terminal acetylenes is 1. The molecule has 0 fully saturated rings. The van der Waals surface area contributed by atoms with Gasteiger partial charge in [0.25, 0.3) is 0 Å². The largest absolute Gasteiger partial charge is 0.478 e. The highest BCUT2D eigenvalue weighted by molar-refractivity contribution is 5.89. The van der Waals surface area contributed by atoms with Gasteiger partial charge in [-0.15, -0.1) is 6.42 Å². The van der Waals surface area contributed by atoms with Crippen LogP contribution in [0.2, 0.25) is 0 Å². The lowest BCUT2D eigenvalue weighted by Gasteiger charge is -2.13. The van der Waals surface area contributed by atoms with E-state index in [0.717, 1.165) is 18.4 Å². The first-order chi connectivity index (χ1) is 12.9. The minimum absolute atomic E-state index is 0.204. The van der Waals surface area contributed by atoms with Crippen molar-refractivity contribution < 1.29 is 34.4 Å². The van der Waals surface area contributed by atoms with Crippen LogP contribution >= 0.6 is 0 Å². The maximum Gasteiger partial charge on any atom is 0.414 e. The number of amides is 1. The number of aliphatic carboxylic acids is 2. The summed E-state index contributed by atoms with van der Waals surface area (Å²) in [7, 11) is 0. The Morgan fingerprint density at radius 3 is 2.48 bits per heavy atom. The first-order valence-corrected chi connectivity index (χ1v) is 7.87. The molecular weight excluding hydrogens is 356 g/mol. The second kappa shape index (κ2) is 11.3. The number of carboxylic acid groups (broad SMARTS) is 2. The molecule has 1 aromatic rings. The number of rotatable bonds is 6. The van der Waals surface area contributed by atoms with Crippen molar-refractivity contribution >= 4 is 18.0 Å². The van der Waals surface area contributed by atoms with Crippen molar-refractivity contribution in [3.63, 3.8) is 0 Å². The molecule has 27 heavy (non-hydrogen) atoms. The van der Waals surface area contributed by atoms with Crippen molar-refractivity contribution in [2.75, 3.05) is 13.3 Å². The summed E-state index contributed by atoms with van der Waals surface area (Å²) in [5, 5.41) is 29.6. The Labute approximate surface area is 155 Å². The van der Waals surface area contributed by atoms with E-state index in [1.165, 1.54) is 5.56 Å². The molecule has 1 atom stereocenters. The molecule has 0 saturated heterocycles. The van der Waals surface area contributed by atoms with Crippen molar-refractivity contribution in [2.24, 2.45) is 0 Å². The van der Waals surface area contributed by atoms with Crippen LogP contribution in [0.25, 0.3) is 0 Å². The van der Waals surface area contributed by atoms with Gasteiger partial charge in [0.2, 0.25) is 0 Å². The van der Waals surface area contributed by atoms with E-state index in [9.17, 15) is 14.4 Å². The maximum atomic E-state index is 11.2. The summed E-state index contributed by atoms with van der Waals surface area (Å²) in [6.45, 7) is 0.0658. The number of aliphatic hydroxyl groups excluding tert-OH is 1. The fourth-order valence-electron chi connectivity index (χ4n) is 2.39. The van der Waals surface area contributed by atoms with Crippen LogP contribution < -0.4 is 15.4 Å². The predicted octanol–water partition coefficient (Wildman–Crippen LogP) is 0.647. The van der Waals surface area contributed by atoms with Crippen molar-refractivity contribution in [1.29, 1.82) is 0 Å². The average molecular weight is 376 g/mol. The molecule has 2 rings (SSSR count). The van der Waals surface area contributed by atoms with Gasteiger partial charge in [0, 0.05) is 18.2 Å². The Hall–Kier alpha value is -3.35. The highest BCUT2D eigenvalue weighted by atomic mass is 16.6.